The Morgan fingerprint density at radius 1 is 1.33 bits per heavy atom. The lowest BCUT2D eigenvalue weighted by atomic mass is 10.2. The third-order valence-electron chi connectivity index (χ3n) is 3.49. The number of ether oxygens (including phenoxy) is 1. The molecule has 0 fully saturated rings. The van der Waals surface area contributed by atoms with E-state index in [1.165, 1.54) is 0 Å². The number of aromatic nitrogens is 2. The lowest BCUT2D eigenvalue weighted by Gasteiger charge is -2.09. The topological polar surface area (TPSA) is 64.4 Å². The van der Waals surface area contributed by atoms with Crippen LogP contribution in [0.1, 0.15) is 42.9 Å². The normalized spacial score (nSPS) is 11.1. The van der Waals surface area contributed by atoms with Gasteiger partial charge in [0.2, 0.25) is 0 Å². The maximum Gasteiger partial charge on any atom is 0.335 e. The Hall–Kier alpha value is -1.88. The maximum absolute atomic E-state index is 11.1. The van der Waals surface area contributed by atoms with Crippen LogP contribution in [-0.2, 0) is 17.7 Å². The number of benzene rings is 1. The number of nitrogens with zero attached hydrogens (tertiary/aromatic N) is 2. The molecule has 0 bridgehead atoms. The highest BCUT2D eigenvalue weighted by Gasteiger charge is 2.12. The Morgan fingerprint density at radius 3 is 2.81 bits per heavy atom. The number of imidazole rings is 1. The van der Waals surface area contributed by atoms with E-state index in [-0.39, 0.29) is 0 Å². The minimum atomic E-state index is -0.915. The van der Waals surface area contributed by atoms with Crippen molar-refractivity contribution in [3.05, 3.63) is 29.6 Å². The number of unbranched alkanes of at least 4 members (excludes halogenated alkanes) is 1. The minimum Gasteiger partial charge on any atom is -0.478 e. The molecule has 5 heteroatoms. The number of aryl methyl sites for hydroxylation is 1. The number of hydrogen-bond donors (Lipinski definition) is 1. The van der Waals surface area contributed by atoms with Crippen LogP contribution in [0.15, 0.2) is 18.2 Å². The Labute approximate surface area is 124 Å². The van der Waals surface area contributed by atoms with Gasteiger partial charge in [0.05, 0.1) is 23.2 Å². The van der Waals surface area contributed by atoms with Crippen LogP contribution < -0.4 is 0 Å². The van der Waals surface area contributed by atoms with E-state index in [0.717, 1.165) is 42.7 Å². The van der Waals surface area contributed by atoms with Gasteiger partial charge >= 0.3 is 5.97 Å². The monoisotopic (exact) mass is 290 g/mol. The summed E-state index contributed by atoms with van der Waals surface area (Å²) in [6.45, 7) is 6.27. The molecule has 0 radical (unpaired) electrons. The molecule has 2 rings (SSSR count). The first-order valence-electron chi connectivity index (χ1n) is 7.47. The third-order valence-corrected chi connectivity index (χ3v) is 3.49. The van der Waals surface area contributed by atoms with Gasteiger partial charge in [-0.25, -0.2) is 9.78 Å². The predicted molar refractivity (Wildman–Crippen MR) is 81.8 cm³/mol. The van der Waals surface area contributed by atoms with Crippen molar-refractivity contribution in [2.75, 3.05) is 13.2 Å². The van der Waals surface area contributed by atoms with Gasteiger partial charge < -0.3 is 14.4 Å². The molecule has 0 saturated heterocycles. The zero-order valence-corrected chi connectivity index (χ0v) is 12.6. The van der Waals surface area contributed by atoms with Crippen molar-refractivity contribution >= 4 is 17.0 Å². The lowest BCUT2D eigenvalue weighted by molar-refractivity contribution is 0.0697. The van der Waals surface area contributed by atoms with Gasteiger partial charge in [-0.2, -0.15) is 0 Å². The van der Waals surface area contributed by atoms with E-state index >= 15 is 0 Å². The molecule has 114 valence electrons. The molecular formula is C16H22N2O3. The minimum absolute atomic E-state index is 0.290. The van der Waals surface area contributed by atoms with Gasteiger partial charge in [0.15, 0.2) is 0 Å². The molecular weight excluding hydrogens is 268 g/mol. The van der Waals surface area contributed by atoms with Crippen LogP contribution in [0.3, 0.4) is 0 Å². The smallest absolute Gasteiger partial charge is 0.335 e. The zero-order valence-electron chi connectivity index (χ0n) is 12.6. The highest BCUT2D eigenvalue weighted by Crippen LogP contribution is 2.19. The fourth-order valence-electron chi connectivity index (χ4n) is 2.33. The average Bonchev–Trinajstić information content (AvgIpc) is 2.84. The molecule has 2 aromatic rings. The van der Waals surface area contributed by atoms with Gasteiger partial charge in [0.1, 0.15) is 5.82 Å². The summed E-state index contributed by atoms with van der Waals surface area (Å²) in [5.74, 6) is 0.0496. The highest BCUT2D eigenvalue weighted by molar-refractivity contribution is 5.92. The van der Waals surface area contributed by atoms with E-state index in [2.05, 4.69) is 16.5 Å². The van der Waals surface area contributed by atoms with E-state index in [1.807, 2.05) is 6.92 Å². The van der Waals surface area contributed by atoms with Crippen LogP contribution in [-0.4, -0.2) is 33.8 Å². The molecule has 1 aromatic carbocycles. The van der Waals surface area contributed by atoms with Gasteiger partial charge in [-0.3, -0.25) is 0 Å². The van der Waals surface area contributed by atoms with E-state index in [9.17, 15) is 4.79 Å². The first kappa shape index (κ1) is 15.5. The van der Waals surface area contributed by atoms with Crippen molar-refractivity contribution in [1.82, 2.24) is 9.55 Å². The lowest BCUT2D eigenvalue weighted by Crippen LogP contribution is -2.10. The standard InChI is InChI=1S/C16H22N2O3/c1-3-5-9-21-10-8-18-14-11-12(16(19)20)6-7-13(14)17-15(18)4-2/h6-7,11H,3-5,8-10H2,1-2H3,(H,19,20). The van der Waals surface area contributed by atoms with Crippen LogP contribution in [0.25, 0.3) is 11.0 Å². The molecule has 0 unspecified atom stereocenters. The van der Waals surface area contributed by atoms with Gasteiger partial charge in [-0.15, -0.1) is 0 Å². The second-order valence-corrected chi connectivity index (χ2v) is 5.01. The average molecular weight is 290 g/mol. The fraction of sp³-hybridized carbons (Fsp3) is 0.500. The molecule has 0 atom stereocenters. The van der Waals surface area contributed by atoms with Crippen molar-refractivity contribution < 1.29 is 14.6 Å². The second-order valence-electron chi connectivity index (χ2n) is 5.01. The fourth-order valence-corrected chi connectivity index (χ4v) is 2.33. The molecule has 1 N–H and O–H groups in total. The highest BCUT2D eigenvalue weighted by atomic mass is 16.5. The molecule has 0 spiro atoms. The summed E-state index contributed by atoms with van der Waals surface area (Å²) in [6.07, 6.45) is 3.00. The van der Waals surface area contributed by atoms with Crippen molar-refractivity contribution in [3.63, 3.8) is 0 Å². The Bertz CT molecular complexity index is 619. The van der Waals surface area contributed by atoms with E-state index in [0.29, 0.717) is 18.7 Å². The van der Waals surface area contributed by atoms with Crippen LogP contribution >= 0.6 is 0 Å². The van der Waals surface area contributed by atoms with Crippen LogP contribution in [0.2, 0.25) is 0 Å². The van der Waals surface area contributed by atoms with Crippen molar-refractivity contribution in [3.8, 4) is 0 Å². The Balaban J connectivity index is 2.22. The number of carboxylic acid groups (broad SMARTS) is 1. The second kappa shape index (κ2) is 7.22. The van der Waals surface area contributed by atoms with Crippen LogP contribution in [0, 0.1) is 0 Å². The Morgan fingerprint density at radius 2 is 2.14 bits per heavy atom. The molecule has 5 nitrogen and oxygen atoms in total. The largest absolute Gasteiger partial charge is 0.478 e. The zero-order chi connectivity index (χ0) is 15.2. The number of hydrogen-bond acceptors (Lipinski definition) is 3. The molecule has 0 aliphatic rings. The number of aromatic carboxylic acids is 1. The van der Waals surface area contributed by atoms with Gasteiger partial charge in [-0.05, 0) is 24.6 Å². The van der Waals surface area contributed by atoms with Gasteiger partial charge in [0.25, 0.3) is 0 Å². The molecule has 0 saturated carbocycles. The Kier molecular flexibility index (Phi) is 5.33. The quantitative estimate of drug-likeness (QED) is 0.759. The van der Waals surface area contributed by atoms with Crippen LogP contribution in [0.4, 0.5) is 0 Å². The van der Waals surface area contributed by atoms with Crippen molar-refractivity contribution in [2.45, 2.75) is 39.7 Å². The first-order chi connectivity index (χ1) is 10.2. The van der Waals surface area contributed by atoms with Crippen molar-refractivity contribution in [1.29, 1.82) is 0 Å². The summed E-state index contributed by atoms with van der Waals surface area (Å²) < 4.78 is 7.67. The number of fused-ring (bicyclic) bond motifs is 1. The van der Waals surface area contributed by atoms with E-state index < -0.39 is 5.97 Å². The maximum atomic E-state index is 11.1. The van der Waals surface area contributed by atoms with E-state index in [4.69, 9.17) is 9.84 Å². The number of carbonyl (C=O) groups is 1. The van der Waals surface area contributed by atoms with E-state index in [1.54, 1.807) is 18.2 Å². The van der Waals surface area contributed by atoms with Crippen LogP contribution in [0.5, 0.6) is 0 Å². The summed E-state index contributed by atoms with van der Waals surface area (Å²) in [4.78, 5) is 15.7. The van der Waals surface area contributed by atoms with Crippen molar-refractivity contribution in [2.24, 2.45) is 0 Å². The van der Waals surface area contributed by atoms with Gasteiger partial charge in [-0.1, -0.05) is 20.3 Å². The molecule has 0 aliphatic carbocycles. The first-order valence-corrected chi connectivity index (χ1v) is 7.47. The summed E-state index contributed by atoms with van der Waals surface area (Å²) in [5.41, 5.74) is 1.99. The summed E-state index contributed by atoms with van der Waals surface area (Å²) in [5, 5.41) is 9.12. The predicted octanol–water partition coefficient (Wildman–Crippen LogP) is 3.11. The molecule has 0 aliphatic heterocycles. The molecule has 21 heavy (non-hydrogen) atoms. The number of carboxylic acids is 1. The van der Waals surface area contributed by atoms with Gasteiger partial charge in [0, 0.05) is 19.6 Å². The summed E-state index contributed by atoms with van der Waals surface area (Å²) in [6, 6.07) is 5.06. The molecule has 1 heterocycles. The third kappa shape index (κ3) is 3.61. The molecule has 0 amide bonds. The number of rotatable bonds is 8. The SMILES string of the molecule is CCCCOCCn1c(CC)nc2ccc(C(=O)O)cc21. The summed E-state index contributed by atoms with van der Waals surface area (Å²) in [7, 11) is 0. The molecule has 1 aromatic heterocycles. The summed E-state index contributed by atoms with van der Waals surface area (Å²) >= 11 is 0.